The number of fused-ring (bicyclic) bond motifs is 1. The summed E-state index contributed by atoms with van der Waals surface area (Å²) < 4.78 is 0. The molecule has 3 heteroatoms. The molecule has 0 radical (unpaired) electrons. The third-order valence-electron chi connectivity index (χ3n) is 1.59. The number of allylic oxidation sites excluding steroid dienone is 2. The van der Waals surface area contributed by atoms with Gasteiger partial charge in [-0.25, -0.2) is 0 Å². The number of rotatable bonds is 0. The molecule has 2 rings (SSSR count). The molecule has 0 aromatic carbocycles. The van der Waals surface area contributed by atoms with Crippen molar-refractivity contribution in [2.75, 3.05) is 0 Å². The second-order valence-corrected chi connectivity index (χ2v) is 2.26. The van der Waals surface area contributed by atoms with Gasteiger partial charge in [-0.15, -0.1) is 0 Å². The lowest BCUT2D eigenvalue weighted by atomic mass is 10.0. The number of hydrogen-bond donors (Lipinski definition) is 1. The first-order chi connectivity index (χ1) is 4.88. The zero-order valence-corrected chi connectivity index (χ0v) is 5.36. The van der Waals surface area contributed by atoms with E-state index in [0.717, 1.165) is 11.3 Å². The molecule has 1 aliphatic carbocycles. The van der Waals surface area contributed by atoms with E-state index in [0.29, 0.717) is 0 Å². The molecule has 0 amide bonds. The summed E-state index contributed by atoms with van der Waals surface area (Å²) in [6, 6.07) is -0.0185. The summed E-state index contributed by atoms with van der Waals surface area (Å²) >= 11 is 0. The van der Waals surface area contributed by atoms with Crippen LogP contribution in [0.1, 0.15) is 0 Å². The van der Waals surface area contributed by atoms with Gasteiger partial charge in [0.25, 0.3) is 0 Å². The van der Waals surface area contributed by atoms with E-state index in [9.17, 15) is 0 Å². The van der Waals surface area contributed by atoms with Crippen LogP contribution in [0.25, 0.3) is 0 Å². The molecule has 1 heterocycles. The van der Waals surface area contributed by atoms with Gasteiger partial charge >= 0.3 is 0 Å². The predicted molar refractivity (Wildman–Crippen MR) is 38.1 cm³/mol. The fourth-order valence-electron chi connectivity index (χ4n) is 1.03. The smallest absolute Gasteiger partial charge is 0.0923 e. The SMILES string of the molecule is N[C@@H]1C=CC=C2N=NC=C21. The number of azo groups is 1. The maximum atomic E-state index is 5.70. The Kier molecular flexibility index (Phi) is 1.05. The maximum absolute atomic E-state index is 5.70. The van der Waals surface area contributed by atoms with Crippen molar-refractivity contribution in [1.82, 2.24) is 0 Å². The van der Waals surface area contributed by atoms with Gasteiger partial charge < -0.3 is 5.73 Å². The van der Waals surface area contributed by atoms with Crippen LogP contribution in [0.15, 0.2) is 45.9 Å². The molecule has 0 saturated carbocycles. The first kappa shape index (κ1) is 5.56. The van der Waals surface area contributed by atoms with Crippen LogP contribution in [0.4, 0.5) is 0 Å². The summed E-state index contributed by atoms with van der Waals surface area (Å²) in [6.45, 7) is 0. The second kappa shape index (κ2) is 1.88. The molecule has 2 N–H and O–H groups in total. The molecule has 0 aromatic rings. The highest BCUT2D eigenvalue weighted by atomic mass is 15.1. The van der Waals surface area contributed by atoms with E-state index in [-0.39, 0.29) is 6.04 Å². The number of nitrogens with two attached hydrogens (primary N) is 1. The average molecular weight is 133 g/mol. The van der Waals surface area contributed by atoms with Crippen molar-refractivity contribution in [3.05, 3.63) is 35.7 Å². The topological polar surface area (TPSA) is 50.7 Å². The van der Waals surface area contributed by atoms with Crippen molar-refractivity contribution in [3.63, 3.8) is 0 Å². The highest BCUT2D eigenvalue weighted by Gasteiger charge is 2.16. The number of nitrogens with zero attached hydrogens (tertiary/aromatic N) is 2. The van der Waals surface area contributed by atoms with E-state index in [1.807, 2.05) is 18.2 Å². The highest BCUT2D eigenvalue weighted by Crippen LogP contribution is 2.24. The Morgan fingerprint density at radius 2 is 2.40 bits per heavy atom. The van der Waals surface area contributed by atoms with Gasteiger partial charge in [0.05, 0.1) is 17.9 Å². The monoisotopic (exact) mass is 133 g/mol. The minimum absolute atomic E-state index is 0.0185. The largest absolute Gasteiger partial charge is 0.321 e. The van der Waals surface area contributed by atoms with Gasteiger partial charge in [-0.1, -0.05) is 12.2 Å². The Hall–Kier alpha value is -1.22. The molecule has 0 saturated heterocycles. The van der Waals surface area contributed by atoms with Gasteiger partial charge in [0.15, 0.2) is 0 Å². The Bertz CT molecular complexity index is 271. The molecule has 1 atom stereocenters. The van der Waals surface area contributed by atoms with E-state index in [2.05, 4.69) is 10.2 Å². The van der Waals surface area contributed by atoms with E-state index >= 15 is 0 Å². The van der Waals surface area contributed by atoms with E-state index in [4.69, 9.17) is 5.73 Å². The molecule has 0 unspecified atom stereocenters. The summed E-state index contributed by atoms with van der Waals surface area (Å²) in [5.74, 6) is 0. The lowest BCUT2D eigenvalue weighted by molar-refractivity contribution is 0.949. The Balaban J connectivity index is 2.45. The molecule has 0 aromatic heterocycles. The van der Waals surface area contributed by atoms with E-state index in [1.165, 1.54) is 0 Å². The second-order valence-electron chi connectivity index (χ2n) is 2.26. The van der Waals surface area contributed by atoms with Crippen molar-refractivity contribution < 1.29 is 0 Å². The molecular formula is C7H7N3. The quantitative estimate of drug-likeness (QED) is 0.528. The minimum Gasteiger partial charge on any atom is -0.321 e. The van der Waals surface area contributed by atoms with Crippen molar-refractivity contribution in [1.29, 1.82) is 0 Å². The summed E-state index contributed by atoms with van der Waals surface area (Å²) in [5, 5.41) is 7.62. The Labute approximate surface area is 58.6 Å². The normalized spacial score (nSPS) is 27.9. The lowest BCUT2D eigenvalue weighted by Gasteiger charge is -2.10. The summed E-state index contributed by atoms with van der Waals surface area (Å²) in [4.78, 5) is 0. The van der Waals surface area contributed by atoms with Gasteiger partial charge in [-0.3, -0.25) is 0 Å². The van der Waals surface area contributed by atoms with Gasteiger partial charge in [0.1, 0.15) is 0 Å². The minimum atomic E-state index is -0.0185. The molecule has 3 nitrogen and oxygen atoms in total. The standard InChI is InChI=1S/C7H7N3/c8-6-2-1-3-7-5(6)4-9-10-7/h1-4,6H,8H2/t6-/m1/s1. The molecule has 0 bridgehead atoms. The Morgan fingerprint density at radius 3 is 3.20 bits per heavy atom. The van der Waals surface area contributed by atoms with Gasteiger partial charge in [0, 0.05) is 5.57 Å². The molecule has 0 fully saturated rings. The zero-order valence-electron chi connectivity index (χ0n) is 5.36. The molecule has 0 spiro atoms. The Morgan fingerprint density at radius 1 is 1.50 bits per heavy atom. The molecule has 50 valence electrons. The van der Waals surface area contributed by atoms with Crippen LogP contribution < -0.4 is 5.73 Å². The van der Waals surface area contributed by atoms with Crippen LogP contribution in [0.3, 0.4) is 0 Å². The van der Waals surface area contributed by atoms with Crippen LogP contribution in [0, 0.1) is 0 Å². The van der Waals surface area contributed by atoms with Crippen molar-refractivity contribution in [3.8, 4) is 0 Å². The number of hydrogen-bond acceptors (Lipinski definition) is 3. The van der Waals surface area contributed by atoms with E-state index in [1.54, 1.807) is 6.20 Å². The fraction of sp³-hybridized carbons (Fsp3) is 0.143. The molecule has 10 heavy (non-hydrogen) atoms. The third-order valence-corrected chi connectivity index (χ3v) is 1.59. The first-order valence-electron chi connectivity index (χ1n) is 3.13. The van der Waals surface area contributed by atoms with Crippen molar-refractivity contribution in [2.24, 2.45) is 16.0 Å². The van der Waals surface area contributed by atoms with Crippen LogP contribution in [0.2, 0.25) is 0 Å². The average Bonchev–Trinajstić information content (AvgIpc) is 2.36. The van der Waals surface area contributed by atoms with Gasteiger partial charge in [0.2, 0.25) is 0 Å². The maximum Gasteiger partial charge on any atom is 0.0923 e. The highest BCUT2D eigenvalue weighted by molar-refractivity contribution is 5.44. The van der Waals surface area contributed by atoms with Gasteiger partial charge in [-0.05, 0) is 6.08 Å². The van der Waals surface area contributed by atoms with Crippen LogP contribution in [-0.4, -0.2) is 6.04 Å². The van der Waals surface area contributed by atoms with Gasteiger partial charge in [-0.2, -0.15) is 10.2 Å². The van der Waals surface area contributed by atoms with Crippen LogP contribution in [0.5, 0.6) is 0 Å². The summed E-state index contributed by atoms with van der Waals surface area (Å²) in [5.41, 5.74) is 7.62. The third kappa shape index (κ3) is 0.642. The molecular weight excluding hydrogens is 126 g/mol. The molecule has 2 aliphatic rings. The fourth-order valence-corrected chi connectivity index (χ4v) is 1.03. The lowest BCUT2D eigenvalue weighted by Crippen LogP contribution is -2.21. The summed E-state index contributed by atoms with van der Waals surface area (Å²) in [7, 11) is 0. The molecule has 1 aliphatic heterocycles. The first-order valence-corrected chi connectivity index (χ1v) is 3.13. The van der Waals surface area contributed by atoms with Crippen molar-refractivity contribution >= 4 is 0 Å². The van der Waals surface area contributed by atoms with Crippen LogP contribution >= 0.6 is 0 Å². The van der Waals surface area contributed by atoms with E-state index < -0.39 is 0 Å². The zero-order chi connectivity index (χ0) is 6.97. The summed E-state index contributed by atoms with van der Waals surface area (Å²) in [6.07, 6.45) is 7.44. The van der Waals surface area contributed by atoms with Crippen LogP contribution in [-0.2, 0) is 0 Å². The van der Waals surface area contributed by atoms with Crippen molar-refractivity contribution in [2.45, 2.75) is 6.04 Å². The predicted octanol–water partition coefficient (Wildman–Crippen LogP) is 1.12.